The molecule has 0 fully saturated rings. The Bertz CT molecular complexity index is 283. The molecule has 0 aromatic carbocycles. The second-order valence-corrected chi connectivity index (χ2v) is 4.29. The predicted molar refractivity (Wildman–Crippen MR) is 59.7 cm³/mol. The first-order valence-corrected chi connectivity index (χ1v) is 5.90. The van der Waals surface area contributed by atoms with Crippen LogP contribution in [0.1, 0.15) is 24.2 Å². The molecule has 74 valence electrons. The second kappa shape index (κ2) is 5.01. The lowest BCUT2D eigenvalue weighted by molar-refractivity contribution is 0.675. The molecule has 0 radical (unpaired) electrons. The van der Waals surface area contributed by atoms with Crippen molar-refractivity contribution in [2.75, 3.05) is 5.33 Å². The van der Waals surface area contributed by atoms with Crippen molar-refractivity contribution < 1.29 is 0 Å². The number of alkyl halides is 1. The van der Waals surface area contributed by atoms with Gasteiger partial charge in [0.05, 0.1) is 16.4 Å². The van der Waals surface area contributed by atoms with E-state index in [-0.39, 0.29) is 0 Å². The standard InChI is InChI=1S/C9H14BrClN2/c1-7-9(11)8(13(2)12-7)5-3-4-6-10/h3-6H2,1-2H3. The fourth-order valence-electron chi connectivity index (χ4n) is 1.34. The van der Waals surface area contributed by atoms with Crippen LogP contribution in [0.3, 0.4) is 0 Å². The van der Waals surface area contributed by atoms with E-state index in [4.69, 9.17) is 11.6 Å². The zero-order valence-electron chi connectivity index (χ0n) is 7.98. The lowest BCUT2D eigenvalue weighted by Crippen LogP contribution is -1.98. The number of nitrogens with zero attached hydrogens (tertiary/aromatic N) is 2. The highest BCUT2D eigenvalue weighted by Crippen LogP contribution is 2.21. The summed E-state index contributed by atoms with van der Waals surface area (Å²) in [6.45, 7) is 1.94. The summed E-state index contributed by atoms with van der Waals surface area (Å²) in [7, 11) is 1.95. The number of hydrogen-bond acceptors (Lipinski definition) is 1. The van der Waals surface area contributed by atoms with Gasteiger partial charge in [-0.05, 0) is 26.2 Å². The number of rotatable bonds is 4. The van der Waals surface area contributed by atoms with E-state index in [9.17, 15) is 0 Å². The summed E-state index contributed by atoms with van der Waals surface area (Å²) in [5.74, 6) is 0. The fourth-order valence-corrected chi connectivity index (χ4v) is 1.99. The molecule has 0 saturated carbocycles. The number of aromatic nitrogens is 2. The van der Waals surface area contributed by atoms with Crippen LogP contribution in [0.15, 0.2) is 0 Å². The van der Waals surface area contributed by atoms with Crippen molar-refractivity contribution in [1.82, 2.24) is 9.78 Å². The molecule has 0 N–H and O–H groups in total. The van der Waals surface area contributed by atoms with Crippen molar-refractivity contribution in [3.8, 4) is 0 Å². The highest BCUT2D eigenvalue weighted by Gasteiger charge is 2.09. The average Bonchev–Trinajstić information content (AvgIpc) is 2.32. The van der Waals surface area contributed by atoms with E-state index >= 15 is 0 Å². The zero-order valence-corrected chi connectivity index (χ0v) is 10.3. The van der Waals surface area contributed by atoms with Gasteiger partial charge in [-0.1, -0.05) is 27.5 Å². The Kier molecular flexibility index (Phi) is 4.26. The van der Waals surface area contributed by atoms with Gasteiger partial charge in [-0.2, -0.15) is 5.10 Å². The second-order valence-electron chi connectivity index (χ2n) is 3.12. The molecule has 1 aromatic rings. The van der Waals surface area contributed by atoms with Gasteiger partial charge < -0.3 is 0 Å². The molecule has 0 atom stereocenters. The summed E-state index contributed by atoms with van der Waals surface area (Å²) in [4.78, 5) is 0. The summed E-state index contributed by atoms with van der Waals surface area (Å²) in [5, 5.41) is 6.15. The number of halogens is 2. The van der Waals surface area contributed by atoms with Crippen LogP contribution in [0.2, 0.25) is 5.02 Å². The summed E-state index contributed by atoms with van der Waals surface area (Å²) >= 11 is 9.51. The molecule has 0 aliphatic heterocycles. The van der Waals surface area contributed by atoms with Crippen LogP contribution in [-0.4, -0.2) is 15.1 Å². The number of aryl methyl sites for hydroxylation is 2. The van der Waals surface area contributed by atoms with Crippen molar-refractivity contribution >= 4 is 27.5 Å². The zero-order chi connectivity index (χ0) is 9.84. The molecule has 4 heteroatoms. The van der Waals surface area contributed by atoms with Gasteiger partial charge in [-0.15, -0.1) is 0 Å². The minimum atomic E-state index is 0.831. The van der Waals surface area contributed by atoms with E-state index in [2.05, 4.69) is 21.0 Å². The first kappa shape index (κ1) is 11.1. The molecule has 0 spiro atoms. The van der Waals surface area contributed by atoms with Crippen molar-refractivity contribution in [2.24, 2.45) is 7.05 Å². The largest absolute Gasteiger partial charge is 0.271 e. The van der Waals surface area contributed by atoms with Crippen LogP contribution in [0, 0.1) is 6.92 Å². The monoisotopic (exact) mass is 264 g/mol. The van der Waals surface area contributed by atoms with Crippen LogP contribution in [0.4, 0.5) is 0 Å². The number of hydrogen-bond donors (Lipinski definition) is 0. The van der Waals surface area contributed by atoms with Crippen molar-refractivity contribution in [2.45, 2.75) is 26.2 Å². The average molecular weight is 266 g/mol. The molecular weight excluding hydrogens is 251 g/mol. The van der Waals surface area contributed by atoms with E-state index in [1.165, 1.54) is 6.42 Å². The highest BCUT2D eigenvalue weighted by molar-refractivity contribution is 9.09. The summed E-state index contributed by atoms with van der Waals surface area (Å²) < 4.78 is 1.88. The van der Waals surface area contributed by atoms with Gasteiger partial charge in [0.1, 0.15) is 0 Å². The lowest BCUT2D eigenvalue weighted by atomic mass is 10.2. The molecule has 0 bridgehead atoms. The Hall–Kier alpha value is -0.0200. The van der Waals surface area contributed by atoms with Crippen molar-refractivity contribution in [3.63, 3.8) is 0 Å². The van der Waals surface area contributed by atoms with Gasteiger partial charge >= 0.3 is 0 Å². The first-order valence-electron chi connectivity index (χ1n) is 4.40. The summed E-state index contributed by atoms with van der Waals surface area (Å²) in [5.41, 5.74) is 2.08. The molecule has 0 unspecified atom stereocenters. The Labute approximate surface area is 92.4 Å². The third kappa shape index (κ3) is 2.71. The normalized spacial score (nSPS) is 10.8. The molecule has 1 aromatic heterocycles. The molecule has 13 heavy (non-hydrogen) atoms. The maximum absolute atomic E-state index is 6.10. The minimum Gasteiger partial charge on any atom is -0.271 e. The maximum Gasteiger partial charge on any atom is 0.0846 e. The third-order valence-electron chi connectivity index (χ3n) is 2.06. The molecule has 0 aliphatic rings. The lowest BCUT2D eigenvalue weighted by Gasteiger charge is -2.00. The highest BCUT2D eigenvalue weighted by atomic mass is 79.9. The van der Waals surface area contributed by atoms with Crippen LogP contribution in [0.25, 0.3) is 0 Å². The third-order valence-corrected chi connectivity index (χ3v) is 3.11. The Morgan fingerprint density at radius 3 is 2.62 bits per heavy atom. The van der Waals surface area contributed by atoms with E-state index in [0.717, 1.165) is 34.6 Å². The topological polar surface area (TPSA) is 17.8 Å². The Morgan fingerprint density at radius 1 is 1.46 bits per heavy atom. The SMILES string of the molecule is Cc1nn(C)c(CCCCBr)c1Cl. The molecule has 1 rings (SSSR count). The number of unbranched alkanes of at least 4 members (excludes halogenated alkanes) is 1. The van der Waals surface area contributed by atoms with E-state index in [0.29, 0.717) is 0 Å². The molecule has 0 amide bonds. The molecule has 0 saturated heterocycles. The van der Waals surface area contributed by atoms with Crippen LogP contribution >= 0.6 is 27.5 Å². The predicted octanol–water partition coefficient (Wildman–Crippen LogP) is 3.10. The van der Waals surface area contributed by atoms with Crippen LogP contribution < -0.4 is 0 Å². The van der Waals surface area contributed by atoms with Crippen LogP contribution in [-0.2, 0) is 13.5 Å². The first-order chi connectivity index (χ1) is 6.16. The van der Waals surface area contributed by atoms with Gasteiger partial charge in [-0.25, -0.2) is 0 Å². The quantitative estimate of drug-likeness (QED) is 0.604. The van der Waals surface area contributed by atoms with Gasteiger partial charge in [0.25, 0.3) is 0 Å². The van der Waals surface area contributed by atoms with Gasteiger partial charge in [0.15, 0.2) is 0 Å². The fraction of sp³-hybridized carbons (Fsp3) is 0.667. The molecule has 0 aliphatic carbocycles. The minimum absolute atomic E-state index is 0.831. The summed E-state index contributed by atoms with van der Waals surface area (Å²) in [6, 6.07) is 0. The smallest absolute Gasteiger partial charge is 0.0846 e. The van der Waals surface area contributed by atoms with Crippen molar-refractivity contribution in [3.05, 3.63) is 16.4 Å². The summed E-state index contributed by atoms with van der Waals surface area (Å²) in [6.07, 6.45) is 3.35. The Balaban J connectivity index is 2.64. The van der Waals surface area contributed by atoms with E-state index in [1.807, 2.05) is 18.7 Å². The van der Waals surface area contributed by atoms with Crippen molar-refractivity contribution in [1.29, 1.82) is 0 Å². The maximum atomic E-state index is 6.10. The molecular formula is C9H14BrClN2. The van der Waals surface area contributed by atoms with Gasteiger partial charge in [-0.3, -0.25) is 4.68 Å². The van der Waals surface area contributed by atoms with Gasteiger partial charge in [0.2, 0.25) is 0 Å². The molecule has 1 heterocycles. The molecule has 2 nitrogen and oxygen atoms in total. The Morgan fingerprint density at radius 2 is 2.15 bits per heavy atom. The van der Waals surface area contributed by atoms with E-state index < -0.39 is 0 Å². The van der Waals surface area contributed by atoms with E-state index in [1.54, 1.807) is 0 Å². The van der Waals surface area contributed by atoms with Gasteiger partial charge in [0, 0.05) is 12.4 Å². The van der Waals surface area contributed by atoms with Crippen LogP contribution in [0.5, 0.6) is 0 Å².